The number of hydrogen-bond acceptors (Lipinski definition) is 3. The maximum atomic E-state index is 3.54. The van der Waals surface area contributed by atoms with Gasteiger partial charge >= 0.3 is 0 Å². The van der Waals surface area contributed by atoms with Gasteiger partial charge in [-0.25, -0.2) is 0 Å². The van der Waals surface area contributed by atoms with Crippen LogP contribution in [-0.2, 0) is 0 Å². The second-order valence-electron chi connectivity index (χ2n) is 4.14. The maximum absolute atomic E-state index is 3.54. The minimum absolute atomic E-state index is 0.533. The first-order valence-corrected chi connectivity index (χ1v) is 6.27. The monoisotopic (exact) mass is 222 g/mol. The number of rotatable bonds is 2. The van der Waals surface area contributed by atoms with Gasteiger partial charge in [-0.2, -0.15) is 0 Å². The maximum Gasteiger partial charge on any atom is 0.0708 e. The van der Waals surface area contributed by atoms with Crippen molar-refractivity contribution >= 4 is 11.8 Å². The van der Waals surface area contributed by atoms with Crippen LogP contribution >= 0.6 is 11.8 Å². The number of hydrogen-bond donors (Lipinski definition) is 1. The predicted molar refractivity (Wildman–Crippen MR) is 66.3 cm³/mol. The van der Waals surface area contributed by atoms with E-state index in [1.807, 2.05) is 11.8 Å². The smallest absolute Gasteiger partial charge is 0.0708 e. The molecule has 2 nitrogen and oxygen atoms in total. The summed E-state index contributed by atoms with van der Waals surface area (Å²) in [6.45, 7) is 5.52. The van der Waals surface area contributed by atoms with Crippen LogP contribution in [-0.4, -0.2) is 37.0 Å². The molecule has 3 heteroatoms. The van der Waals surface area contributed by atoms with Gasteiger partial charge in [0.05, 0.1) is 5.37 Å². The number of nitrogens with zero attached hydrogens (tertiary/aromatic N) is 1. The summed E-state index contributed by atoms with van der Waals surface area (Å²) in [5, 5.41) is 4.07. The fourth-order valence-corrected chi connectivity index (χ4v) is 3.06. The molecule has 0 bridgehead atoms. The third-order valence-corrected chi connectivity index (χ3v) is 3.74. The molecule has 2 rings (SSSR count). The third-order valence-electron chi connectivity index (χ3n) is 2.61. The number of likely N-dealkylation sites (N-methyl/N-ethyl adjacent to an activating group) is 1. The second kappa shape index (κ2) is 5.01. The number of piperazine rings is 1. The van der Waals surface area contributed by atoms with Crippen LogP contribution in [0.4, 0.5) is 0 Å². The van der Waals surface area contributed by atoms with Crippen molar-refractivity contribution in [3.8, 4) is 0 Å². The SMILES string of the molecule is Cc1cccc(SC2CN(C)CCN2)c1. The van der Waals surface area contributed by atoms with E-state index in [0.29, 0.717) is 5.37 Å². The average molecular weight is 222 g/mol. The summed E-state index contributed by atoms with van der Waals surface area (Å²) in [6, 6.07) is 8.71. The van der Waals surface area contributed by atoms with Crippen LogP contribution in [0.15, 0.2) is 29.2 Å². The molecule has 1 atom stereocenters. The molecule has 0 amide bonds. The van der Waals surface area contributed by atoms with Crippen molar-refractivity contribution in [3.05, 3.63) is 29.8 Å². The lowest BCUT2D eigenvalue weighted by Gasteiger charge is -2.30. The minimum atomic E-state index is 0.533. The Hall–Kier alpha value is -0.510. The third kappa shape index (κ3) is 3.23. The molecule has 1 unspecified atom stereocenters. The highest BCUT2D eigenvalue weighted by atomic mass is 32.2. The minimum Gasteiger partial charge on any atom is -0.303 e. The van der Waals surface area contributed by atoms with E-state index in [0.717, 1.165) is 19.6 Å². The lowest BCUT2D eigenvalue weighted by Crippen LogP contribution is -2.47. The Bertz CT molecular complexity index is 327. The van der Waals surface area contributed by atoms with E-state index >= 15 is 0 Å². The Labute approximate surface area is 96.0 Å². The van der Waals surface area contributed by atoms with Crippen LogP contribution in [0.3, 0.4) is 0 Å². The molecule has 0 aromatic heterocycles. The summed E-state index contributed by atoms with van der Waals surface area (Å²) in [4.78, 5) is 3.74. The van der Waals surface area contributed by atoms with Crippen LogP contribution in [0.2, 0.25) is 0 Å². The van der Waals surface area contributed by atoms with Crippen LogP contribution in [0, 0.1) is 6.92 Å². The standard InChI is InChI=1S/C12H18N2S/c1-10-4-3-5-11(8-10)15-12-9-14(2)7-6-13-12/h3-5,8,12-13H,6-7,9H2,1-2H3. The quantitative estimate of drug-likeness (QED) is 0.823. The average Bonchev–Trinajstić information content (AvgIpc) is 2.17. The van der Waals surface area contributed by atoms with E-state index in [-0.39, 0.29) is 0 Å². The molecule has 1 saturated heterocycles. The normalized spacial score (nSPS) is 22.9. The molecule has 1 fully saturated rings. The summed E-state index contributed by atoms with van der Waals surface area (Å²) in [5.74, 6) is 0. The van der Waals surface area contributed by atoms with Crippen LogP contribution in [0.1, 0.15) is 5.56 Å². The highest BCUT2D eigenvalue weighted by Gasteiger charge is 2.16. The van der Waals surface area contributed by atoms with Crippen LogP contribution in [0.5, 0.6) is 0 Å². The molecular weight excluding hydrogens is 204 g/mol. The van der Waals surface area contributed by atoms with E-state index in [4.69, 9.17) is 0 Å². The van der Waals surface area contributed by atoms with Crippen molar-refractivity contribution in [2.75, 3.05) is 26.7 Å². The Balaban J connectivity index is 1.96. The molecular formula is C12H18N2S. The highest BCUT2D eigenvalue weighted by molar-refractivity contribution is 8.00. The van der Waals surface area contributed by atoms with Crippen molar-refractivity contribution in [2.45, 2.75) is 17.2 Å². The van der Waals surface area contributed by atoms with Crippen molar-refractivity contribution in [1.82, 2.24) is 10.2 Å². The molecule has 1 aromatic rings. The van der Waals surface area contributed by atoms with Crippen LogP contribution < -0.4 is 5.32 Å². The Kier molecular flexibility index (Phi) is 3.67. The van der Waals surface area contributed by atoms with Gasteiger partial charge in [0.1, 0.15) is 0 Å². The summed E-state index contributed by atoms with van der Waals surface area (Å²) in [7, 11) is 2.19. The van der Waals surface area contributed by atoms with Gasteiger partial charge in [0.25, 0.3) is 0 Å². The largest absolute Gasteiger partial charge is 0.303 e. The molecule has 0 saturated carbocycles. The first kappa shape index (κ1) is 11.0. The number of thioether (sulfide) groups is 1. The fraction of sp³-hybridized carbons (Fsp3) is 0.500. The molecule has 1 aliphatic heterocycles. The summed E-state index contributed by atoms with van der Waals surface area (Å²) in [6.07, 6.45) is 0. The molecule has 0 spiro atoms. The van der Waals surface area contributed by atoms with E-state index in [1.54, 1.807) is 0 Å². The molecule has 1 aliphatic rings. The van der Waals surface area contributed by atoms with Gasteiger partial charge in [-0.15, -0.1) is 11.8 Å². The number of benzene rings is 1. The number of aryl methyl sites for hydroxylation is 1. The summed E-state index contributed by atoms with van der Waals surface area (Å²) < 4.78 is 0. The molecule has 0 aliphatic carbocycles. The predicted octanol–water partition coefficient (Wildman–Crippen LogP) is 1.95. The Morgan fingerprint density at radius 3 is 3.07 bits per heavy atom. The van der Waals surface area contributed by atoms with Crippen molar-refractivity contribution in [1.29, 1.82) is 0 Å². The summed E-state index contributed by atoms with van der Waals surface area (Å²) in [5.41, 5.74) is 1.34. The fourth-order valence-electron chi connectivity index (χ4n) is 1.79. The molecule has 15 heavy (non-hydrogen) atoms. The molecule has 82 valence electrons. The van der Waals surface area contributed by atoms with Crippen molar-refractivity contribution in [2.24, 2.45) is 0 Å². The van der Waals surface area contributed by atoms with Gasteiger partial charge in [-0.3, -0.25) is 0 Å². The van der Waals surface area contributed by atoms with E-state index in [2.05, 4.69) is 48.5 Å². The molecule has 1 N–H and O–H groups in total. The summed E-state index contributed by atoms with van der Waals surface area (Å²) >= 11 is 1.93. The zero-order valence-corrected chi connectivity index (χ0v) is 10.2. The Morgan fingerprint density at radius 1 is 1.47 bits per heavy atom. The first-order valence-electron chi connectivity index (χ1n) is 5.39. The topological polar surface area (TPSA) is 15.3 Å². The van der Waals surface area contributed by atoms with Gasteiger partial charge in [0.2, 0.25) is 0 Å². The van der Waals surface area contributed by atoms with E-state index in [9.17, 15) is 0 Å². The first-order chi connectivity index (χ1) is 7.24. The molecule has 0 radical (unpaired) electrons. The van der Waals surface area contributed by atoms with Crippen LogP contribution in [0.25, 0.3) is 0 Å². The lowest BCUT2D eigenvalue weighted by atomic mass is 10.2. The second-order valence-corrected chi connectivity index (χ2v) is 5.42. The van der Waals surface area contributed by atoms with Gasteiger partial charge < -0.3 is 10.2 Å². The molecule has 1 aromatic carbocycles. The highest BCUT2D eigenvalue weighted by Crippen LogP contribution is 2.24. The molecule has 1 heterocycles. The van der Waals surface area contributed by atoms with Gasteiger partial charge in [0, 0.05) is 24.5 Å². The van der Waals surface area contributed by atoms with E-state index in [1.165, 1.54) is 10.5 Å². The Morgan fingerprint density at radius 2 is 2.33 bits per heavy atom. The number of nitrogens with one attached hydrogen (secondary N) is 1. The zero-order valence-electron chi connectivity index (χ0n) is 9.36. The lowest BCUT2D eigenvalue weighted by molar-refractivity contribution is 0.278. The van der Waals surface area contributed by atoms with Gasteiger partial charge in [-0.1, -0.05) is 17.7 Å². The van der Waals surface area contributed by atoms with Gasteiger partial charge in [-0.05, 0) is 26.1 Å². The zero-order chi connectivity index (χ0) is 10.7. The van der Waals surface area contributed by atoms with Crippen molar-refractivity contribution < 1.29 is 0 Å². The van der Waals surface area contributed by atoms with Crippen molar-refractivity contribution in [3.63, 3.8) is 0 Å². The van der Waals surface area contributed by atoms with E-state index < -0.39 is 0 Å². The van der Waals surface area contributed by atoms with Gasteiger partial charge in [0.15, 0.2) is 0 Å².